The molecule has 4 heteroatoms. The number of amides is 1. The van der Waals surface area contributed by atoms with E-state index in [0.29, 0.717) is 12.1 Å². The van der Waals surface area contributed by atoms with Gasteiger partial charge < -0.3 is 0 Å². The lowest BCUT2D eigenvalue weighted by Crippen LogP contribution is -2.18. The second-order valence-corrected chi connectivity index (χ2v) is 4.55. The quantitative estimate of drug-likeness (QED) is 0.456. The highest BCUT2D eigenvalue weighted by atomic mass is 19.1. The Morgan fingerprint density at radius 1 is 1.21 bits per heavy atom. The number of unbranched alkanes of at least 4 members (excludes halogenated alkanes) is 3. The summed E-state index contributed by atoms with van der Waals surface area (Å²) in [5.41, 5.74) is 3.99. The molecule has 0 heterocycles. The van der Waals surface area contributed by atoms with Crippen LogP contribution in [0.15, 0.2) is 29.4 Å². The van der Waals surface area contributed by atoms with Gasteiger partial charge in [0.1, 0.15) is 5.82 Å². The number of hydrazone groups is 1. The molecule has 0 fully saturated rings. The highest BCUT2D eigenvalue weighted by Gasteiger charge is 2.01. The molecular formula is C15H21FN2O. The van der Waals surface area contributed by atoms with Gasteiger partial charge in [0, 0.05) is 6.42 Å². The molecule has 0 radical (unpaired) electrons. The molecule has 0 aliphatic carbocycles. The first kappa shape index (κ1) is 15.3. The molecule has 1 rings (SSSR count). The van der Waals surface area contributed by atoms with E-state index in [1.165, 1.54) is 12.1 Å². The van der Waals surface area contributed by atoms with Crippen LogP contribution in [0, 0.1) is 5.82 Å². The Hall–Kier alpha value is -1.71. The van der Waals surface area contributed by atoms with Crippen LogP contribution in [-0.2, 0) is 4.79 Å². The first-order valence-corrected chi connectivity index (χ1v) is 6.72. The third-order valence-electron chi connectivity index (χ3n) is 2.87. The zero-order valence-corrected chi connectivity index (χ0v) is 11.6. The minimum absolute atomic E-state index is 0.0717. The second kappa shape index (κ2) is 8.40. The standard InChI is InChI=1S/C15H21FN2O/c1-3-4-5-6-7-15(19)18-17-12(2)13-8-10-14(16)11-9-13/h8-11H,3-7H2,1-2H3,(H,18,19). The molecule has 1 N–H and O–H groups in total. The summed E-state index contributed by atoms with van der Waals surface area (Å²) >= 11 is 0. The second-order valence-electron chi connectivity index (χ2n) is 4.55. The summed E-state index contributed by atoms with van der Waals surface area (Å²) in [5.74, 6) is -0.353. The first-order valence-electron chi connectivity index (χ1n) is 6.72. The highest BCUT2D eigenvalue weighted by molar-refractivity contribution is 5.99. The van der Waals surface area contributed by atoms with Crippen molar-refractivity contribution in [2.75, 3.05) is 0 Å². The molecule has 0 aliphatic rings. The van der Waals surface area contributed by atoms with Crippen LogP contribution in [0.3, 0.4) is 0 Å². The van der Waals surface area contributed by atoms with Crippen molar-refractivity contribution in [1.29, 1.82) is 0 Å². The van der Waals surface area contributed by atoms with E-state index in [1.54, 1.807) is 19.1 Å². The summed E-state index contributed by atoms with van der Waals surface area (Å²) in [5, 5.41) is 4.02. The predicted octanol–water partition coefficient (Wildman–Crippen LogP) is 3.64. The molecule has 0 atom stereocenters. The van der Waals surface area contributed by atoms with E-state index in [-0.39, 0.29) is 11.7 Å². The third kappa shape index (κ3) is 6.13. The maximum Gasteiger partial charge on any atom is 0.240 e. The molecular weight excluding hydrogens is 243 g/mol. The Labute approximate surface area is 113 Å². The minimum Gasteiger partial charge on any atom is -0.273 e. The summed E-state index contributed by atoms with van der Waals surface area (Å²) < 4.78 is 12.8. The number of benzene rings is 1. The van der Waals surface area contributed by atoms with Crippen molar-refractivity contribution in [1.82, 2.24) is 5.43 Å². The highest BCUT2D eigenvalue weighted by Crippen LogP contribution is 2.04. The van der Waals surface area contributed by atoms with Gasteiger partial charge in [-0.05, 0) is 31.0 Å². The Morgan fingerprint density at radius 3 is 2.53 bits per heavy atom. The first-order chi connectivity index (χ1) is 9.13. The van der Waals surface area contributed by atoms with Crippen LogP contribution in [0.4, 0.5) is 4.39 Å². The Balaban J connectivity index is 2.38. The van der Waals surface area contributed by atoms with Gasteiger partial charge in [0.2, 0.25) is 5.91 Å². The van der Waals surface area contributed by atoms with Gasteiger partial charge in [0.25, 0.3) is 0 Å². The third-order valence-corrected chi connectivity index (χ3v) is 2.87. The van der Waals surface area contributed by atoms with E-state index in [2.05, 4.69) is 17.5 Å². The number of halogens is 1. The molecule has 1 aromatic carbocycles. The number of hydrogen-bond donors (Lipinski definition) is 1. The molecule has 0 aromatic heterocycles. The van der Waals surface area contributed by atoms with E-state index in [4.69, 9.17) is 0 Å². The molecule has 0 saturated heterocycles. The lowest BCUT2D eigenvalue weighted by Gasteiger charge is -2.03. The van der Waals surface area contributed by atoms with Crippen LogP contribution in [0.5, 0.6) is 0 Å². The fraction of sp³-hybridized carbons (Fsp3) is 0.467. The molecule has 0 bridgehead atoms. The number of carbonyl (C=O) groups is 1. The van der Waals surface area contributed by atoms with Crippen molar-refractivity contribution >= 4 is 11.6 Å². The van der Waals surface area contributed by atoms with Gasteiger partial charge in [-0.25, -0.2) is 9.82 Å². The molecule has 1 amide bonds. The van der Waals surface area contributed by atoms with Crippen LogP contribution < -0.4 is 5.43 Å². The van der Waals surface area contributed by atoms with Crippen LogP contribution >= 0.6 is 0 Å². The van der Waals surface area contributed by atoms with Gasteiger partial charge in [0.15, 0.2) is 0 Å². The molecule has 19 heavy (non-hydrogen) atoms. The summed E-state index contributed by atoms with van der Waals surface area (Å²) in [7, 11) is 0. The molecule has 1 aromatic rings. The fourth-order valence-electron chi connectivity index (χ4n) is 1.67. The van der Waals surface area contributed by atoms with Crippen LogP contribution in [0.25, 0.3) is 0 Å². The Kier molecular flexibility index (Phi) is 6.79. The summed E-state index contributed by atoms with van der Waals surface area (Å²) in [6.45, 7) is 3.92. The van der Waals surface area contributed by atoms with Crippen molar-refractivity contribution in [2.24, 2.45) is 5.10 Å². The maximum absolute atomic E-state index is 12.8. The van der Waals surface area contributed by atoms with Crippen molar-refractivity contribution in [3.8, 4) is 0 Å². The van der Waals surface area contributed by atoms with Crippen molar-refractivity contribution in [2.45, 2.75) is 46.0 Å². The zero-order valence-electron chi connectivity index (χ0n) is 11.6. The lowest BCUT2D eigenvalue weighted by molar-refractivity contribution is -0.121. The van der Waals surface area contributed by atoms with E-state index >= 15 is 0 Å². The van der Waals surface area contributed by atoms with Gasteiger partial charge in [-0.15, -0.1) is 0 Å². The molecule has 0 unspecified atom stereocenters. The Morgan fingerprint density at radius 2 is 1.89 bits per heavy atom. The SMILES string of the molecule is CCCCCCC(=O)NN=C(C)c1ccc(F)cc1. The van der Waals surface area contributed by atoms with Crippen LogP contribution in [0.1, 0.15) is 51.5 Å². The number of hydrogen-bond acceptors (Lipinski definition) is 2. The molecule has 0 saturated carbocycles. The van der Waals surface area contributed by atoms with Gasteiger partial charge in [-0.3, -0.25) is 4.79 Å². The summed E-state index contributed by atoms with van der Waals surface area (Å²) in [4.78, 5) is 11.5. The van der Waals surface area contributed by atoms with E-state index in [9.17, 15) is 9.18 Å². The molecule has 0 aliphatic heterocycles. The van der Waals surface area contributed by atoms with Crippen molar-refractivity contribution < 1.29 is 9.18 Å². The smallest absolute Gasteiger partial charge is 0.240 e. The monoisotopic (exact) mass is 264 g/mol. The molecule has 104 valence electrons. The van der Waals surface area contributed by atoms with Gasteiger partial charge in [0.05, 0.1) is 5.71 Å². The van der Waals surface area contributed by atoms with Gasteiger partial charge in [-0.1, -0.05) is 38.3 Å². The minimum atomic E-state index is -0.281. The van der Waals surface area contributed by atoms with Crippen LogP contribution in [-0.4, -0.2) is 11.6 Å². The average molecular weight is 264 g/mol. The predicted molar refractivity (Wildman–Crippen MR) is 75.5 cm³/mol. The van der Waals surface area contributed by atoms with E-state index in [1.807, 2.05) is 0 Å². The average Bonchev–Trinajstić information content (AvgIpc) is 2.42. The van der Waals surface area contributed by atoms with Crippen molar-refractivity contribution in [3.05, 3.63) is 35.6 Å². The Bertz CT molecular complexity index is 426. The van der Waals surface area contributed by atoms with E-state index < -0.39 is 0 Å². The normalized spacial score (nSPS) is 11.4. The van der Waals surface area contributed by atoms with E-state index in [0.717, 1.165) is 31.2 Å². The largest absolute Gasteiger partial charge is 0.273 e. The lowest BCUT2D eigenvalue weighted by atomic mass is 10.1. The molecule has 3 nitrogen and oxygen atoms in total. The number of nitrogens with zero attached hydrogens (tertiary/aromatic N) is 1. The van der Waals surface area contributed by atoms with Gasteiger partial charge in [-0.2, -0.15) is 5.10 Å². The molecule has 0 spiro atoms. The van der Waals surface area contributed by atoms with Crippen LogP contribution in [0.2, 0.25) is 0 Å². The summed E-state index contributed by atoms with van der Waals surface area (Å²) in [6, 6.07) is 6.03. The zero-order chi connectivity index (χ0) is 14.1. The van der Waals surface area contributed by atoms with Gasteiger partial charge >= 0.3 is 0 Å². The number of rotatable bonds is 7. The number of carbonyl (C=O) groups excluding carboxylic acids is 1. The van der Waals surface area contributed by atoms with Crippen molar-refractivity contribution in [3.63, 3.8) is 0 Å². The number of nitrogens with one attached hydrogen (secondary N) is 1. The maximum atomic E-state index is 12.8. The fourth-order valence-corrected chi connectivity index (χ4v) is 1.67. The topological polar surface area (TPSA) is 41.5 Å². The summed E-state index contributed by atoms with van der Waals surface area (Å²) in [6.07, 6.45) is 4.78.